The molecule has 0 saturated heterocycles. The third-order valence-electron chi connectivity index (χ3n) is 3.82. The minimum atomic E-state index is -0.337. The van der Waals surface area contributed by atoms with Crippen LogP contribution in [0.1, 0.15) is 10.4 Å². The molecule has 1 amide bonds. The number of hydrogen-bond acceptors (Lipinski definition) is 3. The summed E-state index contributed by atoms with van der Waals surface area (Å²) in [6.45, 7) is 0. The van der Waals surface area contributed by atoms with Crippen LogP contribution in [-0.4, -0.2) is 25.2 Å². The molecule has 0 unspecified atom stereocenters. The van der Waals surface area contributed by atoms with Crippen LogP contribution in [-0.2, 0) is 0 Å². The smallest absolute Gasteiger partial charge is 0.262 e. The van der Waals surface area contributed by atoms with Crippen molar-refractivity contribution >= 4 is 11.7 Å². The molecule has 1 aromatic carbocycles. The van der Waals surface area contributed by atoms with Crippen LogP contribution in [0.5, 0.6) is 0 Å². The van der Waals surface area contributed by atoms with Gasteiger partial charge in [0.1, 0.15) is 17.2 Å². The molecular formula is C19H14FN5O. The quantitative estimate of drug-likeness (QED) is 0.615. The minimum absolute atomic E-state index is 0.333. The fourth-order valence-corrected chi connectivity index (χ4v) is 2.62. The second-order valence-corrected chi connectivity index (χ2v) is 5.53. The van der Waals surface area contributed by atoms with Crippen molar-refractivity contribution in [3.63, 3.8) is 0 Å². The van der Waals surface area contributed by atoms with Crippen LogP contribution < -0.4 is 5.32 Å². The van der Waals surface area contributed by atoms with E-state index in [-0.39, 0.29) is 11.7 Å². The van der Waals surface area contributed by atoms with Crippen LogP contribution >= 0.6 is 0 Å². The van der Waals surface area contributed by atoms with Crippen LogP contribution in [0.4, 0.5) is 10.2 Å². The maximum absolute atomic E-state index is 13.2. The maximum Gasteiger partial charge on any atom is 0.262 e. The van der Waals surface area contributed by atoms with Gasteiger partial charge in [-0.15, -0.1) is 0 Å². The maximum atomic E-state index is 13.2. The van der Waals surface area contributed by atoms with Gasteiger partial charge in [-0.3, -0.25) is 4.79 Å². The van der Waals surface area contributed by atoms with E-state index in [1.807, 2.05) is 24.5 Å². The van der Waals surface area contributed by atoms with Gasteiger partial charge in [-0.05, 0) is 48.5 Å². The summed E-state index contributed by atoms with van der Waals surface area (Å²) in [7, 11) is 0. The summed E-state index contributed by atoms with van der Waals surface area (Å²) in [5.74, 6) is 0.331. The number of carbonyl (C=O) groups is 1. The number of nitrogens with zero attached hydrogens (tertiary/aromatic N) is 4. The van der Waals surface area contributed by atoms with Gasteiger partial charge in [0, 0.05) is 18.6 Å². The molecular weight excluding hydrogens is 333 g/mol. The molecule has 4 rings (SSSR count). The molecule has 128 valence electrons. The third-order valence-corrected chi connectivity index (χ3v) is 3.82. The number of rotatable bonds is 4. The molecule has 7 heteroatoms. The van der Waals surface area contributed by atoms with Crippen LogP contribution in [0.3, 0.4) is 0 Å². The zero-order chi connectivity index (χ0) is 17.9. The van der Waals surface area contributed by atoms with Crippen molar-refractivity contribution in [1.29, 1.82) is 0 Å². The first kappa shape index (κ1) is 15.8. The Hall–Kier alpha value is -3.74. The number of carbonyl (C=O) groups excluding carboxylic acids is 1. The number of aromatic nitrogens is 4. The molecule has 0 saturated carbocycles. The average Bonchev–Trinajstić information content (AvgIpc) is 3.32. The fourth-order valence-electron chi connectivity index (χ4n) is 2.62. The molecule has 0 fully saturated rings. The molecule has 0 radical (unpaired) electrons. The van der Waals surface area contributed by atoms with E-state index in [1.165, 1.54) is 18.3 Å². The van der Waals surface area contributed by atoms with Crippen LogP contribution in [0.15, 0.2) is 79.4 Å². The van der Waals surface area contributed by atoms with E-state index in [1.54, 1.807) is 45.8 Å². The van der Waals surface area contributed by atoms with Crippen molar-refractivity contribution in [3.8, 4) is 11.5 Å². The van der Waals surface area contributed by atoms with Gasteiger partial charge in [-0.2, -0.15) is 5.10 Å². The number of pyridine rings is 1. The molecule has 0 aliphatic heterocycles. The lowest BCUT2D eigenvalue weighted by Gasteiger charge is -2.11. The normalized spacial score (nSPS) is 10.7. The molecule has 0 aliphatic rings. The second kappa shape index (κ2) is 6.64. The van der Waals surface area contributed by atoms with Gasteiger partial charge in [0.25, 0.3) is 5.91 Å². The lowest BCUT2D eigenvalue weighted by atomic mass is 10.2. The molecule has 3 aromatic heterocycles. The van der Waals surface area contributed by atoms with Gasteiger partial charge in [0.2, 0.25) is 0 Å². The van der Waals surface area contributed by atoms with Crippen LogP contribution in [0.25, 0.3) is 11.5 Å². The molecule has 4 aromatic rings. The minimum Gasteiger partial charge on any atom is -0.308 e. The summed E-state index contributed by atoms with van der Waals surface area (Å²) < 4.78 is 16.6. The van der Waals surface area contributed by atoms with E-state index in [2.05, 4.69) is 15.4 Å². The first-order chi connectivity index (χ1) is 12.7. The Morgan fingerprint density at radius 2 is 1.77 bits per heavy atom. The number of benzene rings is 1. The third kappa shape index (κ3) is 2.98. The Morgan fingerprint density at radius 1 is 1.00 bits per heavy atom. The first-order valence-corrected chi connectivity index (χ1v) is 7.92. The van der Waals surface area contributed by atoms with Gasteiger partial charge in [0.15, 0.2) is 5.82 Å². The standard InChI is InChI=1S/C19H14FN5O/c20-14-6-8-15(9-7-14)25-19(24-11-3-4-12-24)16(13-22-25)18(26)23-17-5-1-2-10-21-17/h1-13H,(H,21,23,26). The van der Waals surface area contributed by atoms with E-state index in [4.69, 9.17) is 0 Å². The zero-order valence-corrected chi connectivity index (χ0v) is 13.6. The van der Waals surface area contributed by atoms with Crippen molar-refractivity contribution in [1.82, 2.24) is 19.3 Å². The van der Waals surface area contributed by atoms with Gasteiger partial charge in [0.05, 0.1) is 11.9 Å². The number of nitrogens with one attached hydrogen (secondary N) is 1. The second-order valence-electron chi connectivity index (χ2n) is 5.53. The number of amides is 1. The number of halogens is 1. The molecule has 0 aliphatic carbocycles. The highest BCUT2D eigenvalue weighted by molar-refractivity contribution is 6.06. The SMILES string of the molecule is O=C(Nc1ccccn1)c1cnn(-c2ccc(F)cc2)c1-n1cccc1. The lowest BCUT2D eigenvalue weighted by molar-refractivity contribution is 0.102. The largest absolute Gasteiger partial charge is 0.308 e. The molecule has 0 spiro atoms. The Labute approximate surface area is 148 Å². The summed E-state index contributed by atoms with van der Waals surface area (Å²) in [6, 6.07) is 14.9. The van der Waals surface area contributed by atoms with Crippen molar-refractivity contribution in [2.75, 3.05) is 5.32 Å². The van der Waals surface area contributed by atoms with Gasteiger partial charge < -0.3 is 9.88 Å². The summed E-state index contributed by atoms with van der Waals surface area (Å²) in [4.78, 5) is 16.9. The molecule has 6 nitrogen and oxygen atoms in total. The molecule has 0 atom stereocenters. The van der Waals surface area contributed by atoms with Crippen LogP contribution in [0, 0.1) is 5.82 Å². The summed E-state index contributed by atoms with van der Waals surface area (Å²) in [5, 5.41) is 7.08. The predicted molar refractivity (Wildman–Crippen MR) is 95.0 cm³/mol. The highest BCUT2D eigenvalue weighted by Crippen LogP contribution is 2.21. The number of anilines is 1. The predicted octanol–water partition coefficient (Wildman–Crippen LogP) is 3.45. The Balaban J connectivity index is 1.78. The molecule has 26 heavy (non-hydrogen) atoms. The van der Waals surface area contributed by atoms with E-state index in [9.17, 15) is 9.18 Å². The zero-order valence-electron chi connectivity index (χ0n) is 13.6. The summed E-state index contributed by atoms with van der Waals surface area (Å²) in [5.41, 5.74) is 1.02. The Morgan fingerprint density at radius 3 is 2.46 bits per heavy atom. The van der Waals surface area contributed by atoms with E-state index < -0.39 is 0 Å². The topological polar surface area (TPSA) is 64.7 Å². The van der Waals surface area contributed by atoms with Crippen molar-refractivity contribution in [2.24, 2.45) is 0 Å². The molecule has 1 N–H and O–H groups in total. The lowest BCUT2D eigenvalue weighted by Crippen LogP contribution is -2.16. The van der Waals surface area contributed by atoms with Crippen molar-refractivity contribution in [2.45, 2.75) is 0 Å². The molecule has 0 bridgehead atoms. The van der Waals surface area contributed by atoms with E-state index in [0.717, 1.165) is 0 Å². The van der Waals surface area contributed by atoms with E-state index >= 15 is 0 Å². The molecule has 3 heterocycles. The Bertz CT molecular complexity index is 1020. The summed E-state index contributed by atoms with van der Waals surface area (Å²) in [6.07, 6.45) is 6.71. The van der Waals surface area contributed by atoms with Gasteiger partial charge in [-0.25, -0.2) is 14.1 Å². The fraction of sp³-hybridized carbons (Fsp3) is 0. The highest BCUT2D eigenvalue weighted by atomic mass is 19.1. The van der Waals surface area contributed by atoms with Crippen LogP contribution in [0.2, 0.25) is 0 Å². The van der Waals surface area contributed by atoms with Gasteiger partial charge >= 0.3 is 0 Å². The van der Waals surface area contributed by atoms with Gasteiger partial charge in [-0.1, -0.05) is 6.07 Å². The van der Waals surface area contributed by atoms with E-state index in [0.29, 0.717) is 22.9 Å². The monoisotopic (exact) mass is 347 g/mol. The number of hydrogen-bond donors (Lipinski definition) is 1. The van der Waals surface area contributed by atoms with Crippen molar-refractivity contribution < 1.29 is 9.18 Å². The first-order valence-electron chi connectivity index (χ1n) is 7.92. The Kier molecular flexibility index (Phi) is 4.03. The highest BCUT2D eigenvalue weighted by Gasteiger charge is 2.20. The summed E-state index contributed by atoms with van der Waals surface area (Å²) >= 11 is 0. The average molecular weight is 347 g/mol. The van der Waals surface area contributed by atoms with Crippen molar-refractivity contribution in [3.05, 3.63) is 90.8 Å².